The number of hydrogen-bond acceptors (Lipinski definition) is 3. The Hall–Kier alpha value is -3.18. The third-order valence-electron chi connectivity index (χ3n) is 5.67. The Labute approximate surface area is 191 Å². The molecular formula is C27H34FN3O. The quantitative estimate of drug-likeness (QED) is 0.500. The molecule has 4 nitrogen and oxygen atoms in total. The van der Waals surface area contributed by atoms with E-state index < -0.39 is 0 Å². The molecule has 0 aromatic heterocycles. The maximum absolute atomic E-state index is 13.0. The van der Waals surface area contributed by atoms with Crippen molar-refractivity contribution in [1.29, 1.82) is 0 Å². The summed E-state index contributed by atoms with van der Waals surface area (Å²) in [5, 5.41) is 0. The molecule has 0 heterocycles. The standard InChI is InChI=1S/C21H19FN2O.C6H15N/c1-14-13-19(23)11-12-20(14)24(2)21(25)17-5-3-15(4-6-17)16-7-9-18(22)10-8-16;1-5-6(2)7(3)4/h3-13H,23H2,1-2H3;6H,5H2,1-4H3. The normalized spacial score (nSPS) is 11.5. The molecule has 0 aliphatic heterocycles. The van der Waals surface area contributed by atoms with Crippen LogP contribution in [0.3, 0.4) is 0 Å². The molecule has 3 aromatic carbocycles. The molecule has 1 unspecified atom stereocenters. The highest BCUT2D eigenvalue weighted by molar-refractivity contribution is 6.06. The topological polar surface area (TPSA) is 49.6 Å². The van der Waals surface area contributed by atoms with Crippen molar-refractivity contribution in [2.75, 3.05) is 31.8 Å². The van der Waals surface area contributed by atoms with Gasteiger partial charge < -0.3 is 15.5 Å². The van der Waals surface area contributed by atoms with Crippen molar-refractivity contribution >= 4 is 17.3 Å². The Kier molecular flexibility index (Phi) is 8.97. The fourth-order valence-corrected chi connectivity index (χ4v) is 3.17. The van der Waals surface area contributed by atoms with E-state index >= 15 is 0 Å². The van der Waals surface area contributed by atoms with Gasteiger partial charge in [0.05, 0.1) is 0 Å². The number of carbonyl (C=O) groups excluding carboxylic acids is 1. The molecule has 0 saturated heterocycles. The van der Waals surface area contributed by atoms with Gasteiger partial charge >= 0.3 is 0 Å². The number of amides is 1. The Bertz CT molecular complexity index is 1010. The summed E-state index contributed by atoms with van der Waals surface area (Å²) in [4.78, 5) is 16.6. The molecule has 170 valence electrons. The van der Waals surface area contributed by atoms with Crippen molar-refractivity contribution in [3.63, 3.8) is 0 Å². The molecule has 0 aliphatic rings. The Morgan fingerprint density at radius 2 is 1.47 bits per heavy atom. The maximum atomic E-state index is 13.0. The minimum atomic E-state index is -0.268. The van der Waals surface area contributed by atoms with Gasteiger partial charge in [-0.15, -0.1) is 0 Å². The van der Waals surface area contributed by atoms with Gasteiger partial charge in [0.25, 0.3) is 5.91 Å². The molecule has 3 aromatic rings. The number of hydrogen-bond donors (Lipinski definition) is 1. The monoisotopic (exact) mass is 435 g/mol. The lowest BCUT2D eigenvalue weighted by Gasteiger charge is -2.20. The zero-order valence-electron chi connectivity index (χ0n) is 19.9. The molecular weight excluding hydrogens is 401 g/mol. The summed E-state index contributed by atoms with van der Waals surface area (Å²) in [6.07, 6.45) is 1.24. The minimum absolute atomic E-state index is 0.0986. The summed E-state index contributed by atoms with van der Waals surface area (Å²) < 4.78 is 13.0. The summed E-state index contributed by atoms with van der Waals surface area (Å²) in [6, 6.07) is 19.8. The lowest BCUT2D eigenvalue weighted by Crippen LogP contribution is -2.26. The SMILES string of the molecule is CCC(C)N(C)C.Cc1cc(N)ccc1N(C)C(=O)c1ccc(-c2ccc(F)cc2)cc1. The molecule has 0 radical (unpaired) electrons. The molecule has 1 amide bonds. The van der Waals surface area contributed by atoms with Crippen LogP contribution >= 0.6 is 0 Å². The first-order valence-electron chi connectivity index (χ1n) is 10.8. The van der Waals surface area contributed by atoms with E-state index in [-0.39, 0.29) is 11.7 Å². The van der Waals surface area contributed by atoms with Gasteiger partial charge in [0.1, 0.15) is 5.82 Å². The van der Waals surface area contributed by atoms with Gasteiger partial charge in [-0.05, 0) is 93.5 Å². The number of nitrogens with zero attached hydrogens (tertiary/aromatic N) is 2. The van der Waals surface area contributed by atoms with Crippen LogP contribution in [0, 0.1) is 12.7 Å². The minimum Gasteiger partial charge on any atom is -0.399 e. The molecule has 0 saturated carbocycles. The van der Waals surface area contributed by atoms with Crippen molar-refractivity contribution in [2.45, 2.75) is 33.2 Å². The van der Waals surface area contributed by atoms with Gasteiger partial charge in [0, 0.05) is 30.0 Å². The molecule has 0 bridgehead atoms. The number of anilines is 2. The van der Waals surface area contributed by atoms with Crippen LogP contribution < -0.4 is 10.6 Å². The van der Waals surface area contributed by atoms with Gasteiger partial charge in [-0.3, -0.25) is 4.79 Å². The van der Waals surface area contributed by atoms with Gasteiger partial charge in [-0.2, -0.15) is 0 Å². The molecule has 3 rings (SSSR count). The van der Waals surface area contributed by atoms with E-state index in [4.69, 9.17) is 5.73 Å². The van der Waals surface area contributed by atoms with Crippen LogP contribution in [0.2, 0.25) is 0 Å². The fraction of sp³-hybridized carbons (Fsp3) is 0.296. The second kappa shape index (κ2) is 11.4. The van der Waals surface area contributed by atoms with Crippen molar-refractivity contribution in [1.82, 2.24) is 4.90 Å². The predicted octanol–water partition coefficient (Wildman–Crippen LogP) is 6.01. The number of nitrogen functional groups attached to an aromatic ring is 1. The lowest BCUT2D eigenvalue weighted by atomic mass is 10.0. The summed E-state index contributed by atoms with van der Waals surface area (Å²) in [5.74, 6) is -0.366. The van der Waals surface area contributed by atoms with Crippen molar-refractivity contribution < 1.29 is 9.18 Å². The third-order valence-corrected chi connectivity index (χ3v) is 5.67. The largest absolute Gasteiger partial charge is 0.399 e. The first-order valence-corrected chi connectivity index (χ1v) is 10.8. The second-order valence-corrected chi connectivity index (χ2v) is 8.22. The highest BCUT2D eigenvalue weighted by atomic mass is 19.1. The zero-order chi connectivity index (χ0) is 23.8. The van der Waals surface area contributed by atoms with Crippen LogP contribution in [-0.4, -0.2) is 38.0 Å². The van der Waals surface area contributed by atoms with Crippen LogP contribution in [0.4, 0.5) is 15.8 Å². The van der Waals surface area contributed by atoms with E-state index in [1.807, 2.05) is 31.2 Å². The molecule has 2 N–H and O–H groups in total. The van der Waals surface area contributed by atoms with Crippen LogP contribution in [0.15, 0.2) is 66.7 Å². The smallest absolute Gasteiger partial charge is 0.258 e. The fourth-order valence-electron chi connectivity index (χ4n) is 3.17. The highest BCUT2D eigenvalue weighted by Crippen LogP contribution is 2.24. The van der Waals surface area contributed by atoms with Crippen LogP contribution in [0.1, 0.15) is 36.2 Å². The Morgan fingerprint density at radius 3 is 1.91 bits per heavy atom. The van der Waals surface area contributed by atoms with Crippen LogP contribution in [0.5, 0.6) is 0 Å². The number of nitrogens with two attached hydrogens (primary N) is 1. The molecule has 5 heteroatoms. The van der Waals surface area contributed by atoms with E-state index in [0.29, 0.717) is 11.3 Å². The van der Waals surface area contributed by atoms with E-state index in [1.165, 1.54) is 18.6 Å². The molecule has 0 fully saturated rings. The number of benzene rings is 3. The number of carbonyl (C=O) groups is 1. The lowest BCUT2D eigenvalue weighted by molar-refractivity contribution is 0.0993. The van der Waals surface area contributed by atoms with Crippen molar-refractivity contribution in [3.05, 3.63) is 83.7 Å². The second-order valence-electron chi connectivity index (χ2n) is 8.22. The van der Waals surface area contributed by atoms with Crippen LogP contribution in [0.25, 0.3) is 11.1 Å². The zero-order valence-corrected chi connectivity index (χ0v) is 19.9. The van der Waals surface area contributed by atoms with E-state index in [9.17, 15) is 9.18 Å². The van der Waals surface area contributed by atoms with Crippen molar-refractivity contribution in [2.24, 2.45) is 0 Å². The van der Waals surface area contributed by atoms with E-state index in [2.05, 4.69) is 32.8 Å². The summed E-state index contributed by atoms with van der Waals surface area (Å²) in [7, 11) is 5.96. The molecule has 0 spiro atoms. The number of aryl methyl sites for hydroxylation is 1. The Balaban J connectivity index is 0.000000451. The summed E-state index contributed by atoms with van der Waals surface area (Å²) in [6.45, 7) is 6.35. The summed E-state index contributed by atoms with van der Waals surface area (Å²) in [5.41, 5.74) is 10.6. The number of rotatable bonds is 5. The van der Waals surface area contributed by atoms with Gasteiger partial charge in [0.15, 0.2) is 0 Å². The average Bonchev–Trinajstić information content (AvgIpc) is 2.78. The maximum Gasteiger partial charge on any atom is 0.258 e. The highest BCUT2D eigenvalue weighted by Gasteiger charge is 2.15. The molecule has 32 heavy (non-hydrogen) atoms. The molecule has 0 aliphatic carbocycles. The molecule has 1 atom stereocenters. The number of halogens is 1. The van der Waals surface area contributed by atoms with Gasteiger partial charge in [-0.1, -0.05) is 31.2 Å². The first kappa shape index (κ1) is 25.1. The van der Waals surface area contributed by atoms with E-state index in [0.717, 1.165) is 28.4 Å². The third kappa shape index (κ3) is 6.66. The first-order chi connectivity index (χ1) is 15.1. The van der Waals surface area contributed by atoms with E-state index in [1.54, 1.807) is 42.3 Å². The Morgan fingerprint density at radius 1 is 0.938 bits per heavy atom. The van der Waals surface area contributed by atoms with Crippen molar-refractivity contribution in [3.8, 4) is 11.1 Å². The summed E-state index contributed by atoms with van der Waals surface area (Å²) >= 11 is 0. The van der Waals surface area contributed by atoms with Gasteiger partial charge in [-0.25, -0.2) is 4.39 Å². The average molecular weight is 436 g/mol. The predicted molar refractivity (Wildman–Crippen MR) is 134 cm³/mol. The van der Waals surface area contributed by atoms with Crippen LogP contribution in [-0.2, 0) is 0 Å². The van der Waals surface area contributed by atoms with Gasteiger partial charge in [0.2, 0.25) is 0 Å².